The van der Waals surface area contributed by atoms with Crippen molar-refractivity contribution in [1.82, 2.24) is 4.90 Å². The molecule has 0 atom stereocenters. The van der Waals surface area contributed by atoms with Gasteiger partial charge in [-0.15, -0.1) is 0 Å². The zero-order chi connectivity index (χ0) is 16.9. The number of amides is 1. The lowest BCUT2D eigenvalue weighted by molar-refractivity contribution is -0.131. The van der Waals surface area contributed by atoms with E-state index in [1.807, 2.05) is 42.2 Å². The Morgan fingerprint density at radius 1 is 1.08 bits per heavy atom. The Morgan fingerprint density at radius 3 is 2.54 bits per heavy atom. The summed E-state index contributed by atoms with van der Waals surface area (Å²) < 4.78 is 10.7. The predicted molar refractivity (Wildman–Crippen MR) is 93.4 cm³/mol. The fraction of sp³-hybridized carbons (Fsp3) is 0.350. The lowest BCUT2D eigenvalue weighted by Gasteiger charge is -2.29. The van der Waals surface area contributed by atoms with Gasteiger partial charge in [0.2, 0.25) is 5.91 Å². The summed E-state index contributed by atoms with van der Waals surface area (Å²) in [6.45, 7) is 4.04. The van der Waals surface area contributed by atoms with Gasteiger partial charge in [-0.2, -0.15) is 0 Å². The Bertz CT molecular complexity index is 709. The molecule has 0 N–H and O–H groups in total. The molecule has 0 aromatic heterocycles. The van der Waals surface area contributed by atoms with E-state index < -0.39 is 0 Å². The van der Waals surface area contributed by atoms with Crippen LogP contribution in [0.1, 0.15) is 23.6 Å². The summed E-state index contributed by atoms with van der Waals surface area (Å²) in [6, 6.07) is 13.9. The Balaban J connectivity index is 1.63. The third-order valence-corrected chi connectivity index (χ3v) is 4.37. The number of ether oxygens (including phenoxy) is 2. The van der Waals surface area contributed by atoms with Gasteiger partial charge in [0.1, 0.15) is 11.5 Å². The number of carbonyl (C=O) groups excluding carboxylic acids is 1. The molecule has 2 aromatic carbocycles. The van der Waals surface area contributed by atoms with Gasteiger partial charge >= 0.3 is 0 Å². The van der Waals surface area contributed by atoms with Gasteiger partial charge in [0.15, 0.2) is 0 Å². The average Bonchev–Trinajstić information content (AvgIpc) is 2.62. The Hall–Kier alpha value is -2.49. The van der Waals surface area contributed by atoms with Crippen LogP contribution in [-0.4, -0.2) is 31.1 Å². The molecule has 126 valence electrons. The second kappa shape index (κ2) is 7.39. The maximum Gasteiger partial charge on any atom is 0.227 e. The summed E-state index contributed by atoms with van der Waals surface area (Å²) >= 11 is 0. The number of hydrogen-bond donors (Lipinski definition) is 0. The van der Waals surface area contributed by atoms with Crippen LogP contribution in [0.4, 0.5) is 0 Å². The first-order chi connectivity index (χ1) is 11.7. The number of nitrogens with zero attached hydrogens (tertiary/aromatic N) is 1. The number of benzene rings is 2. The molecule has 0 saturated heterocycles. The van der Waals surface area contributed by atoms with E-state index in [4.69, 9.17) is 9.47 Å². The number of hydrogen-bond acceptors (Lipinski definition) is 3. The van der Waals surface area contributed by atoms with Gasteiger partial charge < -0.3 is 14.4 Å². The molecule has 3 rings (SSSR count). The van der Waals surface area contributed by atoms with E-state index in [1.54, 1.807) is 7.11 Å². The van der Waals surface area contributed by atoms with Gasteiger partial charge in [-0.3, -0.25) is 4.79 Å². The maximum absolute atomic E-state index is 12.6. The fourth-order valence-electron chi connectivity index (χ4n) is 3.03. The highest BCUT2D eigenvalue weighted by atomic mass is 16.5. The molecule has 1 heterocycles. The smallest absolute Gasteiger partial charge is 0.227 e. The molecule has 1 aliphatic heterocycles. The molecule has 0 fully saturated rings. The summed E-state index contributed by atoms with van der Waals surface area (Å²) in [6.07, 6.45) is 1.31. The van der Waals surface area contributed by atoms with Crippen LogP contribution in [0.3, 0.4) is 0 Å². The summed E-state index contributed by atoms with van der Waals surface area (Å²) in [5, 5.41) is 0. The number of methoxy groups -OCH3 is 1. The molecule has 24 heavy (non-hydrogen) atoms. The van der Waals surface area contributed by atoms with E-state index in [9.17, 15) is 4.79 Å². The molecule has 0 aliphatic carbocycles. The van der Waals surface area contributed by atoms with Crippen LogP contribution in [0.25, 0.3) is 0 Å². The largest absolute Gasteiger partial charge is 0.497 e. The average molecular weight is 325 g/mol. The second-order valence-electron chi connectivity index (χ2n) is 5.95. The van der Waals surface area contributed by atoms with Crippen molar-refractivity contribution < 1.29 is 14.3 Å². The molecular weight excluding hydrogens is 302 g/mol. The molecular formula is C20H23NO3. The molecule has 0 bridgehead atoms. The first-order valence-electron chi connectivity index (χ1n) is 8.35. The normalized spacial score (nSPS) is 13.3. The van der Waals surface area contributed by atoms with Gasteiger partial charge in [0.25, 0.3) is 0 Å². The van der Waals surface area contributed by atoms with Crippen molar-refractivity contribution in [3.8, 4) is 11.5 Å². The van der Waals surface area contributed by atoms with E-state index in [-0.39, 0.29) is 5.91 Å². The van der Waals surface area contributed by atoms with E-state index in [0.717, 1.165) is 30.0 Å². The molecule has 0 unspecified atom stereocenters. The van der Waals surface area contributed by atoms with Gasteiger partial charge in [-0.05, 0) is 54.3 Å². The Morgan fingerprint density at radius 2 is 1.83 bits per heavy atom. The van der Waals surface area contributed by atoms with Crippen molar-refractivity contribution in [2.24, 2.45) is 0 Å². The van der Waals surface area contributed by atoms with Gasteiger partial charge in [0.05, 0.1) is 20.1 Å². The summed E-state index contributed by atoms with van der Waals surface area (Å²) in [4.78, 5) is 14.5. The Kier molecular flexibility index (Phi) is 5.04. The fourth-order valence-corrected chi connectivity index (χ4v) is 3.03. The number of rotatable bonds is 5. The quantitative estimate of drug-likeness (QED) is 0.847. The van der Waals surface area contributed by atoms with Crippen LogP contribution in [0.5, 0.6) is 11.5 Å². The van der Waals surface area contributed by atoms with Crippen molar-refractivity contribution >= 4 is 5.91 Å². The van der Waals surface area contributed by atoms with Crippen molar-refractivity contribution in [3.05, 3.63) is 59.2 Å². The van der Waals surface area contributed by atoms with Crippen molar-refractivity contribution in [2.75, 3.05) is 20.3 Å². The van der Waals surface area contributed by atoms with Gasteiger partial charge in [-0.25, -0.2) is 0 Å². The molecule has 0 radical (unpaired) electrons. The molecule has 4 nitrogen and oxygen atoms in total. The lowest BCUT2D eigenvalue weighted by atomic mass is 9.99. The topological polar surface area (TPSA) is 38.8 Å². The van der Waals surface area contributed by atoms with Crippen molar-refractivity contribution in [2.45, 2.75) is 26.3 Å². The number of carbonyl (C=O) groups is 1. The van der Waals surface area contributed by atoms with Crippen LogP contribution in [0, 0.1) is 0 Å². The van der Waals surface area contributed by atoms with Crippen LogP contribution in [0.2, 0.25) is 0 Å². The Labute approximate surface area is 143 Å². The van der Waals surface area contributed by atoms with E-state index >= 15 is 0 Å². The predicted octanol–water partition coefficient (Wildman–Crippen LogP) is 3.22. The minimum atomic E-state index is 0.167. The zero-order valence-corrected chi connectivity index (χ0v) is 14.2. The van der Waals surface area contributed by atoms with Gasteiger partial charge in [-0.1, -0.05) is 18.2 Å². The second-order valence-corrected chi connectivity index (χ2v) is 5.95. The highest BCUT2D eigenvalue weighted by molar-refractivity contribution is 5.79. The van der Waals surface area contributed by atoms with Crippen LogP contribution >= 0.6 is 0 Å². The minimum absolute atomic E-state index is 0.167. The summed E-state index contributed by atoms with van der Waals surface area (Å²) in [7, 11) is 1.68. The van der Waals surface area contributed by atoms with E-state index in [1.165, 1.54) is 11.1 Å². The molecule has 1 aliphatic rings. The maximum atomic E-state index is 12.6. The molecule has 0 saturated carbocycles. The van der Waals surface area contributed by atoms with Crippen LogP contribution < -0.4 is 9.47 Å². The van der Waals surface area contributed by atoms with E-state index in [2.05, 4.69) is 12.1 Å². The van der Waals surface area contributed by atoms with Crippen molar-refractivity contribution in [3.63, 3.8) is 0 Å². The SMILES string of the molecule is CCOc1ccc(CC(=O)N2CCc3cc(OC)ccc3C2)cc1. The monoisotopic (exact) mass is 325 g/mol. The molecule has 4 heteroatoms. The third kappa shape index (κ3) is 3.70. The van der Waals surface area contributed by atoms with E-state index in [0.29, 0.717) is 19.6 Å². The molecule has 1 amide bonds. The summed E-state index contributed by atoms with van der Waals surface area (Å²) in [5.74, 6) is 1.89. The molecule has 0 spiro atoms. The first-order valence-corrected chi connectivity index (χ1v) is 8.35. The number of fused-ring (bicyclic) bond motifs is 1. The lowest BCUT2D eigenvalue weighted by Crippen LogP contribution is -2.36. The van der Waals surface area contributed by atoms with Crippen LogP contribution in [-0.2, 0) is 24.2 Å². The van der Waals surface area contributed by atoms with Gasteiger partial charge in [0, 0.05) is 13.1 Å². The first kappa shape index (κ1) is 16.4. The van der Waals surface area contributed by atoms with Crippen molar-refractivity contribution in [1.29, 1.82) is 0 Å². The highest BCUT2D eigenvalue weighted by Gasteiger charge is 2.21. The zero-order valence-electron chi connectivity index (χ0n) is 14.2. The standard InChI is InChI=1S/C20H23NO3/c1-3-24-18-7-4-15(5-8-18)12-20(22)21-11-10-16-13-19(23-2)9-6-17(16)14-21/h4-9,13H,3,10-12,14H2,1-2H3. The van der Waals surface area contributed by atoms with Crippen LogP contribution in [0.15, 0.2) is 42.5 Å². The molecule has 2 aromatic rings. The minimum Gasteiger partial charge on any atom is -0.497 e. The summed E-state index contributed by atoms with van der Waals surface area (Å²) in [5.41, 5.74) is 3.51. The highest BCUT2D eigenvalue weighted by Crippen LogP contribution is 2.24. The third-order valence-electron chi connectivity index (χ3n) is 4.37.